The van der Waals surface area contributed by atoms with Crippen molar-refractivity contribution in [3.8, 4) is 0 Å². The van der Waals surface area contributed by atoms with Crippen molar-refractivity contribution in [3.63, 3.8) is 0 Å². The van der Waals surface area contributed by atoms with Gasteiger partial charge in [0.1, 0.15) is 6.73 Å². The molecular weight excluding hydrogens is 296 g/mol. The molecule has 1 unspecified atom stereocenters. The molecule has 0 aromatic heterocycles. The van der Waals surface area contributed by atoms with Crippen LogP contribution in [0, 0.1) is 0 Å². The van der Waals surface area contributed by atoms with Crippen molar-refractivity contribution < 1.29 is 9.53 Å². The predicted molar refractivity (Wildman–Crippen MR) is 71.1 cm³/mol. The number of benzene rings is 1. The monoisotopic (exact) mass is 310 g/mol. The normalized spacial score (nSPS) is 27.0. The average molecular weight is 311 g/mol. The smallest absolute Gasteiger partial charge is 0.321 e. The van der Waals surface area contributed by atoms with Crippen LogP contribution in [0.15, 0.2) is 22.7 Å². The summed E-state index contributed by atoms with van der Waals surface area (Å²) >= 11 is 3.49. The van der Waals surface area contributed by atoms with Gasteiger partial charge in [-0.25, -0.2) is 4.79 Å². The van der Waals surface area contributed by atoms with Crippen molar-refractivity contribution >= 4 is 22.0 Å². The van der Waals surface area contributed by atoms with Gasteiger partial charge in [-0.05, 0) is 36.1 Å². The summed E-state index contributed by atoms with van der Waals surface area (Å²) in [6.07, 6.45) is 2.55. The van der Waals surface area contributed by atoms with E-state index in [4.69, 9.17) is 4.74 Å². The van der Waals surface area contributed by atoms with Gasteiger partial charge < -0.3 is 10.1 Å². The lowest BCUT2D eigenvalue weighted by Gasteiger charge is -2.47. The Labute approximate surface area is 114 Å². The zero-order valence-corrected chi connectivity index (χ0v) is 11.8. The number of carbonyl (C=O) groups excluding carboxylic acids is 1. The van der Waals surface area contributed by atoms with Crippen LogP contribution in [-0.4, -0.2) is 30.4 Å². The number of likely N-dealkylation sites (N-methyl/N-ethyl adjacent to an activating group) is 1. The third kappa shape index (κ3) is 1.82. The van der Waals surface area contributed by atoms with Crippen molar-refractivity contribution in [2.75, 3.05) is 13.8 Å². The molecule has 1 atom stereocenters. The Bertz CT molecular complexity index is 506. The van der Waals surface area contributed by atoms with Gasteiger partial charge in [0.2, 0.25) is 0 Å². The molecule has 1 N–H and O–H groups in total. The molecule has 1 heterocycles. The van der Waals surface area contributed by atoms with Crippen LogP contribution < -0.4 is 5.32 Å². The number of fused-ring (bicyclic) bond motifs is 1. The van der Waals surface area contributed by atoms with E-state index in [0.29, 0.717) is 6.73 Å². The standard InChI is InChI=1S/C13H15BrN2O2/c1-16-12(17)15-8-18-13(16)5-4-9-6-11(14)3-2-10(9)7-13/h2-3,6H,4-5,7-8H2,1H3,(H,15,17). The largest absolute Gasteiger partial charge is 0.335 e. The fourth-order valence-corrected chi connectivity index (χ4v) is 3.17. The van der Waals surface area contributed by atoms with Crippen LogP contribution in [0.1, 0.15) is 17.5 Å². The Morgan fingerprint density at radius 1 is 1.44 bits per heavy atom. The van der Waals surface area contributed by atoms with Gasteiger partial charge in [0, 0.05) is 17.9 Å². The SMILES string of the molecule is CN1C(=O)NCOC12CCc1cc(Br)ccc1C2. The quantitative estimate of drug-likeness (QED) is 0.798. The first-order chi connectivity index (χ1) is 8.61. The number of amides is 2. The van der Waals surface area contributed by atoms with Crippen LogP contribution in [0.3, 0.4) is 0 Å². The van der Waals surface area contributed by atoms with E-state index >= 15 is 0 Å². The maximum absolute atomic E-state index is 11.8. The van der Waals surface area contributed by atoms with Gasteiger partial charge in [-0.2, -0.15) is 0 Å². The van der Waals surface area contributed by atoms with E-state index in [9.17, 15) is 4.79 Å². The fourth-order valence-electron chi connectivity index (χ4n) is 2.76. The van der Waals surface area contributed by atoms with Crippen molar-refractivity contribution in [3.05, 3.63) is 33.8 Å². The maximum Gasteiger partial charge on any atom is 0.321 e. The van der Waals surface area contributed by atoms with Gasteiger partial charge in [0.05, 0.1) is 0 Å². The Morgan fingerprint density at radius 2 is 2.28 bits per heavy atom. The number of ether oxygens (including phenoxy) is 1. The highest BCUT2D eigenvalue weighted by molar-refractivity contribution is 9.10. The van der Waals surface area contributed by atoms with Crippen molar-refractivity contribution in [2.24, 2.45) is 0 Å². The number of carbonyl (C=O) groups is 1. The second-order valence-electron chi connectivity index (χ2n) is 4.87. The molecule has 18 heavy (non-hydrogen) atoms. The minimum atomic E-state index is -0.469. The van der Waals surface area contributed by atoms with Gasteiger partial charge in [0.15, 0.2) is 5.72 Å². The highest BCUT2D eigenvalue weighted by Crippen LogP contribution is 2.35. The molecule has 2 aliphatic rings. The molecule has 2 amide bonds. The second kappa shape index (κ2) is 4.24. The lowest BCUT2D eigenvalue weighted by atomic mass is 9.84. The molecule has 1 fully saturated rings. The minimum Gasteiger partial charge on any atom is -0.335 e. The summed E-state index contributed by atoms with van der Waals surface area (Å²) in [5, 5.41) is 2.69. The Morgan fingerprint density at radius 3 is 3.11 bits per heavy atom. The minimum absolute atomic E-state index is 0.0539. The summed E-state index contributed by atoms with van der Waals surface area (Å²) in [6.45, 7) is 0.301. The molecule has 1 aromatic rings. The van der Waals surface area contributed by atoms with Crippen molar-refractivity contribution in [1.29, 1.82) is 0 Å². The molecule has 1 aliphatic carbocycles. The summed E-state index contributed by atoms with van der Waals surface area (Å²) < 4.78 is 6.96. The van der Waals surface area contributed by atoms with E-state index < -0.39 is 5.72 Å². The van der Waals surface area contributed by atoms with Crippen LogP contribution in [0.5, 0.6) is 0 Å². The van der Waals surface area contributed by atoms with E-state index in [1.807, 2.05) is 6.07 Å². The maximum atomic E-state index is 11.8. The number of nitrogens with zero attached hydrogens (tertiary/aromatic N) is 1. The molecule has 96 valence electrons. The van der Waals surface area contributed by atoms with Gasteiger partial charge in [-0.1, -0.05) is 22.0 Å². The Kier molecular flexibility index (Phi) is 2.83. The van der Waals surface area contributed by atoms with E-state index in [2.05, 4.69) is 33.4 Å². The van der Waals surface area contributed by atoms with Gasteiger partial charge in [-0.3, -0.25) is 4.90 Å². The summed E-state index contributed by atoms with van der Waals surface area (Å²) in [6, 6.07) is 6.26. The van der Waals surface area contributed by atoms with Crippen molar-refractivity contribution in [1.82, 2.24) is 10.2 Å². The zero-order valence-electron chi connectivity index (χ0n) is 10.2. The van der Waals surface area contributed by atoms with Crippen LogP contribution >= 0.6 is 15.9 Å². The third-order valence-electron chi connectivity index (χ3n) is 3.90. The number of rotatable bonds is 0. The summed E-state index contributed by atoms with van der Waals surface area (Å²) in [5.74, 6) is 0. The Balaban J connectivity index is 1.94. The summed E-state index contributed by atoms with van der Waals surface area (Å²) in [4.78, 5) is 13.5. The highest BCUT2D eigenvalue weighted by Gasteiger charge is 2.43. The first kappa shape index (κ1) is 12.0. The number of urea groups is 1. The van der Waals surface area contributed by atoms with E-state index in [1.165, 1.54) is 11.1 Å². The first-order valence-corrected chi connectivity index (χ1v) is 6.83. The molecule has 0 radical (unpaired) electrons. The lowest BCUT2D eigenvalue weighted by molar-refractivity contribution is -0.158. The highest BCUT2D eigenvalue weighted by atomic mass is 79.9. The van der Waals surface area contributed by atoms with E-state index in [1.54, 1.807) is 11.9 Å². The number of aryl methyl sites for hydroxylation is 1. The number of hydrogen-bond acceptors (Lipinski definition) is 2. The zero-order chi connectivity index (χ0) is 12.8. The van der Waals surface area contributed by atoms with E-state index in [-0.39, 0.29) is 6.03 Å². The Hall–Kier alpha value is -1.07. The molecule has 1 saturated heterocycles. The topological polar surface area (TPSA) is 41.6 Å². The molecule has 1 aliphatic heterocycles. The molecular formula is C13H15BrN2O2. The first-order valence-electron chi connectivity index (χ1n) is 6.04. The third-order valence-corrected chi connectivity index (χ3v) is 4.39. The molecule has 0 saturated carbocycles. The molecule has 4 nitrogen and oxygen atoms in total. The number of halogens is 1. The average Bonchev–Trinajstić information content (AvgIpc) is 2.36. The van der Waals surface area contributed by atoms with Crippen LogP contribution in [0.2, 0.25) is 0 Å². The van der Waals surface area contributed by atoms with Crippen molar-refractivity contribution in [2.45, 2.75) is 25.0 Å². The number of nitrogens with one attached hydrogen (secondary N) is 1. The van der Waals surface area contributed by atoms with Crippen LogP contribution in [0.4, 0.5) is 4.79 Å². The van der Waals surface area contributed by atoms with Crippen LogP contribution in [0.25, 0.3) is 0 Å². The fraction of sp³-hybridized carbons (Fsp3) is 0.462. The molecule has 0 bridgehead atoms. The number of hydrogen-bond donors (Lipinski definition) is 1. The predicted octanol–water partition coefficient (Wildman–Crippen LogP) is 2.26. The van der Waals surface area contributed by atoms with E-state index in [0.717, 1.165) is 23.7 Å². The van der Waals surface area contributed by atoms with Crippen LogP contribution in [-0.2, 0) is 17.6 Å². The summed E-state index contributed by atoms with van der Waals surface area (Å²) in [5.41, 5.74) is 2.15. The molecule has 1 spiro atoms. The molecule has 1 aromatic carbocycles. The molecule has 5 heteroatoms. The second-order valence-corrected chi connectivity index (χ2v) is 5.78. The van der Waals surface area contributed by atoms with Gasteiger partial charge in [0.25, 0.3) is 0 Å². The van der Waals surface area contributed by atoms with Gasteiger partial charge >= 0.3 is 6.03 Å². The van der Waals surface area contributed by atoms with Gasteiger partial charge in [-0.15, -0.1) is 0 Å². The molecule has 3 rings (SSSR count). The summed E-state index contributed by atoms with van der Waals surface area (Å²) in [7, 11) is 1.80. The lowest BCUT2D eigenvalue weighted by Crippen LogP contribution is -2.62.